The van der Waals surface area contributed by atoms with Crippen LogP contribution in [0.2, 0.25) is 0 Å². The molecular formula is C15H27N5O. The van der Waals surface area contributed by atoms with Crippen LogP contribution in [0, 0.1) is 0 Å². The Morgan fingerprint density at radius 1 is 1.19 bits per heavy atom. The van der Waals surface area contributed by atoms with Gasteiger partial charge in [-0.25, -0.2) is 0 Å². The Bertz CT molecular complexity index is 419. The minimum atomic E-state index is -0.0502. The molecule has 1 N–H and O–H groups in total. The van der Waals surface area contributed by atoms with Gasteiger partial charge in [0, 0.05) is 19.6 Å². The van der Waals surface area contributed by atoms with E-state index in [2.05, 4.69) is 27.3 Å². The summed E-state index contributed by atoms with van der Waals surface area (Å²) in [6, 6.07) is 3.55. The predicted molar refractivity (Wildman–Crippen MR) is 85.6 cm³/mol. The molecule has 0 atom stereocenters. The van der Waals surface area contributed by atoms with Gasteiger partial charge < -0.3 is 15.1 Å². The van der Waals surface area contributed by atoms with Crippen molar-refractivity contribution in [1.29, 1.82) is 0 Å². The van der Waals surface area contributed by atoms with E-state index >= 15 is 0 Å². The van der Waals surface area contributed by atoms with Gasteiger partial charge in [0.15, 0.2) is 5.69 Å². The molecule has 0 bridgehead atoms. The first kappa shape index (κ1) is 17.4. The second-order valence-corrected chi connectivity index (χ2v) is 5.27. The van der Waals surface area contributed by atoms with Gasteiger partial charge in [0.1, 0.15) is 5.82 Å². The Hall–Kier alpha value is -1.69. The smallest absolute Gasteiger partial charge is 0.274 e. The van der Waals surface area contributed by atoms with Gasteiger partial charge >= 0.3 is 0 Å². The lowest BCUT2D eigenvalue weighted by Crippen LogP contribution is -2.34. The highest BCUT2D eigenvalue weighted by Gasteiger charge is 2.15. The largest absolute Gasteiger partial charge is 0.369 e. The lowest BCUT2D eigenvalue weighted by atomic mass is 10.3. The normalized spacial score (nSPS) is 10.7. The summed E-state index contributed by atoms with van der Waals surface area (Å²) in [5.74, 6) is 0.662. The van der Waals surface area contributed by atoms with Crippen LogP contribution >= 0.6 is 0 Å². The fourth-order valence-corrected chi connectivity index (χ4v) is 1.94. The summed E-state index contributed by atoms with van der Waals surface area (Å²) in [5, 5.41) is 11.2. The minimum absolute atomic E-state index is 0.0502. The quantitative estimate of drug-likeness (QED) is 0.751. The summed E-state index contributed by atoms with van der Waals surface area (Å²) < 4.78 is 0. The average Bonchev–Trinajstić information content (AvgIpc) is 2.49. The minimum Gasteiger partial charge on any atom is -0.369 e. The van der Waals surface area contributed by atoms with Crippen molar-refractivity contribution in [3.05, 3.63) is 17.8 Å². The molecular weight excluding hydrogens is 266 g/mol. The Morgan fingerprint density at radius 2 is 1.95 bits per heavy atom. The molecule has 1 aromatic heterocycles. The summed E-state index contributed by atoms with van der Waals surface area (Å²) in [6.07, 6.45) is 1.98. The number of rotatable bonds is 9. The number of carbonyl (C=O) groups is 1. The molecule has 1 aromatic rings. The molecule has 0 saturated carbocycles. The van der Waals surface area contributed by atoms with Crippen molar-refractivity contribution in [1.82, 2.24) is 20.0 Å². The van der Waals surface area contributed by atoms with Crippen LogP contribution in [0.4, 0.5) is 5.82 Å². The topological polar surface area (TPSA) is 61.4 Å². The number of carbonyl (C=O) groups excluding carboxylic acids is 1. The first-order valence-electron chi connectivity index (χ1n) is 7.60. The van der Waals surface area contributed by atoms with Crippen molar-refractivity contribution >= 4 is 11.7 Å². The molecule has 0 saturated heterocycles. The van der Waals surface area contributed by atoms with Gasteiger partial charge in [0.25, 0.3) is 5.91 Å². The van der Waals surface area contributed by atoms with Crippen LogP contribution in [0.5, 0.6) is 0 Å². The molecule has 0 unspecified atom stereocenters. The molecule has 0 aliphatic heterocycles. The molecule has 1 heterocycles. The SMILES string of the molecule is CCCNc1ccc(C(=O)N(CC)CCCN(C)C)nn1. The van der Waals surface area contributed by atoms with E-state index in [0.717, 1.165) is 32.5 Å². The van der Waals surface area contributed by atoms with Crippen molar-refractivity contribution in [3.8, 4) is 0 Å². The first-order valence-corrected chi connectivity index (χ1v) is 7.60. The molecule has 1 rings (SSSR count). The third-order valence-electron chi connectivity index (χ3n) is 3.14. The Balaban J connectivity index is 2.58. The second kappa shape index (κ2) is 9.28. The third-order valence-corrected chi connectivity index (χ3v) is 3.14. The summed E-state index contributed by atoms with van der Waals surface area (Å²) in [7, 11) is 4.07. The highest BCUT2D eigenvalue weighted by atomic mass is 16.2. The highest BCUT2D eigenvalue weighted by Crippen LogP contribution is 2.06. The lowest BCUT2D eigenvalue weighted by molar-refractivity contribution is 0.0752. The number of nitrogens with one attached hydrogen (secondary N) is 1. The molecule has 0 aliphatic rings. The van der Waals surface area contributed by atoms with E-state index in [1.807, 2.05) is 32.0 Å². The predicted octanol–water partition coefficient (Wildman–Crippen LogP) is 1.71. The van der Waals surface area contributed by atoms with Crippen LogP contribution in [0.15, 0.2) is 12.1 Å². The number of amides is 1. The van der Waals surface area contributed by atoms with E-state index in [-0.39, 0.29) is 5.91 Å². The number of nitrogens with zero attached hydrogens (tertiary/aromatic N) is 4. The van der Waals surface area contributed by atoms with Crippen LogP contribution < -0.4 is 5.32 Å². The van der Waals surface area contributed by atoms with E-state index in [4.69, 9.17) is 0 Å². The molecule has 6 heteroatoms. The summed E-state index contributed by atoms with van der Waals surface area (Å²) in [4.78, 5) is 16.3. The maximum atomic E-state index is 12.4. The molecule has 1 amide bonds. The van der Waals surface area contributed by atoms with Gasteiger partial charge in [0.05, 0.1) is 0 Å². The zero-order valence-electron chi connectivity index (χ0n) is 13.6. The van der Waals surface area contributed by atoms with Crippen LogP contribution in [0.3, 0.4) is 0 Å². The molecule has 6 nitrogen and oxygen atoms in total. The molecule has 0 aliphatic carbocycles. The van der Waals surface area contributed by atoms with E-state index in [0.29, 0.717) is 18.1 Å². The van der Waals surface area contributed by atoms with Crippen molar-refractivity contribution in [2.75, 3.05) is 45.6 Å². The number of aromatic nitrogens is 2. The maximum Gasteiger partial charge on any atom is 0.274 e. The fraction of sp³-hybridized carbons (Fsp3) is 0.667. The van der Waals surface area contributed by atoms with Gasteiger partial charge in [-0.05, 0) is 52.5 Å². The standard InChI is InChI=1S/C15H27N5O/c1-5-10-16-14-9-8-13(17-18-14)15(21)20(6-2)12-7-11-19(3)4/h8-9H,5-7,10-12H2,1-4H3,(H,16,18). The van der Waals surface area contributed by atoms with Crippen molar-refractivity contribution in [2.45, 2.75) is 26.7 Å². The fourth-order valence-electron chi connectivity index (χ4n) is 1.94. The summed E-state index contributed by atoms with van der Waals surface area (Å²) >= 11 is 0. The van der Waals surface area contributed by atoms with Crippen molar-refractivity contribution < 1.29 is 4.79 Å². The zero-order valence-corrected chi connectivity index (χ0v) is 13.6. The Morgan fingerprint density at radius 3 is 2.48 bits per heavy atom. The van der Waals surface area contributed by atoms with E-state index in [1.54, 1.807) is 6.07 Å². The van der Waals surface area contributed by atoms with Gasteiger partial charge in [-0.3, -0.25) is 4.79 Å². The van der Waals surface area contributed by atoms with Crippen molar-refractivity contribution in [3.63, 3.8) is 0 Å². The average molecular weight is 293 g/mol. The van der Waals surface area contributed by atoms with E-state index < -0.39 is 0 Å². The molecule has 0 aromatic carbocycles. The Kier molecular flexibility index (Phi) is 7.68. The number of anilines is 1. The van der Waals surface area contributed by atoms with Crippen molar-refractivity contribution in [2.24, 2.45) is 0 Å². The molecule has 21 heavy (non-hydrogen) atoms. The summed E-state index contributed by atoms with van der Waals surface area (Å²) in [5.41, 5.74) is 0.406. The zero-order chi connectivity index (χ0) is 15.7. The van der Waals surface area contributed by atoms with E-state index in [1.165, 1.54) is 0 Å². The lowest BCUT2D eigenvalue weighted by Gasteiger charge is -2.21. The molecule has 118 valence electrons. The van der Waals surface area contributed by atoms with Crippen LogP contribution in [-0.4, -0.2) is 66.2 Å². The van der Waals surface area contributed by atoms with Gasteiger partial charge in [-0.1, -0.05) is 6.92 Å². The summed E-state index contributed by atoms with van der Waals surface area (Å²) in [6.45, 7) is 7.32. The van der Waals surface area contributed by atoms with Gasteiger partial charge in [0.2, 0.25) is 0 Å². The van der Waals surface area contributed by atoms with Crippen LogP contribution in [0.1, 0.15) is 37.2 Å². The van der Waals surface area contributed by atoms with Gasteiger partial charge in [-0.2, -0.15) is 0 Å². The Labute approximate surface area is 127 Å². The monoisotopic (exact) mass is 293 g/mol. The third kappa shape index (κ3) is 6.08. The molecule has 0 radical (unpaired) electrons. The molecule has 0 fully saturated rings. The van der Waals surface area contributed by atoms with Crippen LogP contribution in [0.25, 0.3) is 0 Å². The molecule has 0 spiro atoms. The maximum absolute atomic E-state index is 12.4. The van der Waals surface area contributed by atoms with Gasteiger partial charge in [-0.15, -0.1) is 10.2 Å². The highest BCUT2D eigenvalue weighted by molar-refractivity contribution is 5.92. The van der Waals surface area contributed by atoms with Crippen LogP contribution in [-0.2, 0) is 0 Å². The first-order chi connectivity index (χ1) is 10.1. The van der Waals surface area contributed by atoms with E-state index in [9.17, 15) is 4.79 Å². The number of hydrogen-bond acceptors (Lipinski definition) is 5. The second-order valence-electron chi connectivity index (χ2n) is 5.27. The number of hydrogen-bond donors (Lipinski definition) is 1.